The minimum absolute atomic E-state index is 0.164. The van der Waals surface area contributed by atoms with E-state index in [-0.39, 0.29) is 17.6 Å². The van der Waals surface area contributed by atoms with Gasteiger partial charge in [0.1, 0.15) is 11.1 Å². The zero-order chi connectivity index (χ0) is 19.7. The molecule has 144 valence electrons. The van der Waals surface area contributed by atoms with Gasteiger partial charge in [0.15, 0.2) is 5.82 Å². The summed E-state index contributed by atoms with van der Waals surface area (Å²) in [5.41, 5.74) is 5.65. The van der Waals surface area contributed by atoms with Crippen LogP contribution in [0.4, 0.5) is 10.1 Å². The molecule has 4 rings (SSSR count). The van der Waals surface area contributed by atoms with Crippen LogP contribution in [0.5, 0.6) is 0 Å². The van der Waals surface area contributed by atoms with Gasteiger partial charge in [0.2, 0.25) is 11.1 Å². The molecule has 0 bridgehead atoms. The fraction of sp³-hybridized carbons (Fsp3) is 0.250. The van der Waals surface area contributed by atoms with Crippen molar-refractivity contribution in [3.05, 3.63) is 71.3 Å². The first-order valence-corrected chi connectivity index (χ1v) is 9.94. The highest BCUT2D eigenvalue weighted by Crippen LogP contribution is 2.37. The van der Waals surface area contributed by atoms with Gasteiger partial charge >= 0.3 is 0 Å². The van der Waals surface area contributed by atoms with Crippen LogP contribution in [-0.2, 0) is 11.2 Å². The van der Waals surface area contributed by atoms with E-state index in [1.165, 1.54) is 17.8 Å². The third kappa shape index (κ3) is 3.47. The second-order valence-corrected chi connectivity index (χ2v) is 7.72. The molecule has 1 aliphatic rings. The lowest BCUT2D eigenvalue weighted by Crippen LogP contribution is -2.41. The lowest BCUT2D eigenvalue weighted by molar-refractivity contribution is -0.116. The second kappa shape index (κ2) is 7.63. The number of benzene rings is 2. The monoisotopic (exact) mass is 397 g/mol. The summed E-state index contributed by atoms with van der Waals surface area (Å²) in [5.74, 6) is 0.0426. The van der Waals surface area contributed by atoms with Crippen molar-refractivity contribution in [3.8, 4) is 0 Å². The van der Waals surface area contributed by atoms with Crippen LogP contribution in [0.3, 0.4) is 0 Å². The number of hydrogen-bond donors (Lipinski definition) is 2. The van der Waals surface area contributed by atoms with Crippen LogP contribution in [-0.4, -0.2) is 26.0 Å². The van der Waals surface area contributed by atoms with Crippen molar-refractivity contribution < 1.29 is 9.18 Å². The van der Waals surface area contributed by atoms with Crippen LogP contribution in [0.15, 0.2) is 53.7 Å². The van der Waals surface area contributed by atoms with E-state index in [2.05, 4.69) is 20.9 Å². The number of nitrogens with zero attached hydrogens (tertiary/aromatic N) is 3. The fourth-order valence-electron chi connectivity index (χ4n) is 3.12. The predicted octanol–water partition coefficient (Wildman–Crippen LogP) is 3.69. The van der Waals surface area contributed by atoms with Gasteiger partial charge in [0.05, 0.1) is 11.7 Å². The molecule has 2 atom stereocenters. The maximum absolute atomic E-state index is 14.0. The number of para-hydroxylation sites is 1. The van der Waals surface area contributed by atoms with E-state index in [1.807, 2.05) is 42.8 Å². The second-order valence-electron chi connectivity index (χ2n) is 6.61. The van der Waals surface area contributed by atoms with Crippen molar-refractivity contribution in [2.45, 2.75) is 36.7 Å². The number of anilines is 1. The Morgan fingerprint density at radius 1 is 1.21 bits per heavy atom. The molecule has 28 heavy (non-hydrogen) atoms. The zero-order valence-corrected chi connectivity index (χ0v) is 16.3. The summed E-state index contributed by atoms with van der Waals surface area (Å²) >= 11 is 1.33. The van der Waals surface area contributed by atoms with Crippen molar-refractivity contribution in [1.82, 2.24) is 14.9 Å². The number of hydrogen-bond acceptors (Lipinski definition) is 5. The molecule has 0 saturated heterocycles. The van der Waals surface area contributed by atoms with Crippen LogP contribution in [0.1, 0.15) is 29.9 Å². The largest absolute Gasteiger partial charge is 0.323 e. The van der Waals surface area contributed by atoms with Crippen molar-refractivity contribution >= 4 is 23.4 Å². The average molecular weight is 397 g/mol. The highest BCUT2D eigenvalue weighted by atomic mass is 32.2. The zero-order valence-electron chi connectivity index (χ0n) is 15.5. The van der Waals surface area contributed by atoms with E-state index in [0.717, 1.165) is 17.0 Å². The molecule has 0 aliphatic carbocycles. The molecule has 2 aromatic carbocycles. The molecule has 0 unspecified atom stereocenters. The van der Waals surface area contributed by atoms with Gasteiger partial charge in [-0.25, -0.2) is 9.07 Å². The number of carbonyl (C=O) groups is 1. The topological polar surface area (TPSA) is 71.8 Å². The Hall–Kier alpha value is -2.87. The Labute approximate surface area is 166 Å². The number of nitrogens with one attached hydrogen (secondary N) is 2. The number of amides is 1. The van der Waals surface area contributed by atoms with Gasteiger partial charge in [-0.1, -0.05) is 60.6 Å². The van der Waals surface area contributed by atoms with Crippen molar-refractivity contribution in [2.24, 2.45) is 0 Å². The van der Waals surface area contributed by atoms with E-state index in [1.54, 1.807) is 18.2 Å². The van der Waals surface area contributed by atoms with E-state index in [9.17, 15) is 9.18 Å². The molecule has 1 aromatic heterocycles. The third-order valence-corrected chi connectivity index (χ3v) is 5.86. The van der Waals surface area contributed by atoms with Gasteiger partial charge in [-0.2, -0.15) is 0 Å². The van der Waals surface area contributed by atoms with Gasteiger partial charge in [0.25, 0.3) is 0 Å². The van der Waals surface area contributed by atoms with Gasteiger partial charge in [-0.3, -0.25) is 4.79 Å². The Balaban J connectivity index is 1.68. The molecular weight excluding hydrogens is 377 g/mol. The number of rotatable bonds is 4. The quantitative estimate of drug-likeness (QED) is 0.703. The van der Waals surface area contributed by atoms with E-state index in [0.29, 0.717) is 11.6 Å². The highest BCUT2D eigenvalue weighted by Gasteiger charge is 2.37. The first-order chi connectivity index (χ1) is 13.6. The SMILES string of the molecule is CCc1nnc2n1N[C@@H](c1ccc(C)cc1)[C@@H](C(=O)Nc1ccccc1F)S2. The molecular formula is C20H20FN5OS. The number of fused-ring (bicyclic) bond motifs is 1. The summed E-state index contributed by atoms with van der Waals surface area (Å²) in [7, 11) is 0. The van der Waals surface area contributed by atoms with Crippen molar-refractivity contribution in [1.29, 1.82) is 0 Å². The number of halogens is 1. The Morgan fingerprint density at radius 3 is 2.68 bits per heavy atom. The lowest BCUT2D eigenvalue weighted by Gasteiger charge is -2.33. The summed E-state index contributed by atoms with van der Waals surface area (Å²) in [4.78, 5) is 13.1. The van der Waals surface area contributed by atoms with Gasteiger partial charge in [0, 0.05) is 6.42 Å². The van der Waals surface area contributed by atoms with Crippen LogP contribution < -0.4 is 10.7 Å². The summed E-state index contributed by atoms with van der Waals surface area (Å²) in [6, 6.07) is 13.8. The Bertz CT molecular complexity index is 1000. The molecule has 2 heterocycles. The molecule has 2 N–H and O–H groups in total. The summed E-state index contributed by atoms with van der Waals surface area (Å²) in [5, 5.41) is 11.2. The molecule has 1 aliphatic heterocycles. The molecule has 0 spiro atoms. The maximum atomic E-state index is 14.0. The van der Waals surface area contributed by atoms with Crippen LogP contribution >= 0.6 is 11.8 Å². The van der Waals surface area contributed by atoms with Crippen LogP contribution in [0, 0.1) is 12.7 Å². The minimum atomic E-state index is -0.538. The molecule has 0 saturated carbocycles. The smallest absolute Gasteiger partial charge is 0.240 e. The third-order valence-electron chi connectivity index (χ3n) is 4.65. The van der Waals surface area contributed by atoms with Crippen LogP contribution in [0.2, 0.25) is 0 Å². The van der Waals surface area contributed by atoms with Gasteiger partial charge < -0.3 is 10.7 Å². The number of thioether (sulfide) groups is 1. The highest BCUT2D eigenvalue weighted by molar-refractivity contribution is 8.00. The molecule has 1 amide bonds. The van der Waals surface area contributed by atoms with Crippen molar-refractivity contribution in [2.75, 3.05) is 10.7 Å². The van der Waals surface area contributed by atoms with Crippen molar-refractivity contribution in [3.63, 3.8) is 0 Å². The molecule has 6 nitrogen and oxygen atoms in total. The number of aryl methyl sites for hydroxylation is 2. The molecule has 3 aromatic rings. The lowest BCUT2D eigenvalue weighted by atomic mass is 10.0. The van der Waals surface area contributed by atoms with E-state index < -0.39 is 11.1 Å². The van der Waals surface area contributed by atoms with Gasteiger partial charge in [-0.05, 0) is 24.6 Å². The summed E-state index contributed by atoms with van der Waals surface area (Å²) in [6.45, 7) is 4.02. The standard InChI is InChI=1S/C20H20FN5OS/c1-3-16-23-24-20-26(16)25-17(13-10-8-12(2)9-11-13)18(28-20)19(27)22-15-7-5-4-6-14(15)21/h4-11,17-18,25H,3H2,1-2H3,(H,22,27)/t17-,18-/m0/s1. The maximum Gasteiger partial charge on any atom is 0.240 e. The van der Waals surface area contributed by atoms with Gasteiger partial charge in [-0.15, -0.1) is 10.2 Å². The summed E-state index contributed by atoms with van der Waals surface area (Å²) < 4.78 is 15.8. The molecule has 0 fully saturated rings. The number of aromatic nitrogens is 3. The normalized spacial score (nSPS) is 18.2. The van der Waals surface area contributed by atoms with E-state index in [4.69, 9.17) is 0 Å². The fourth-order valence-corrected chi connectivity index (χ4v) is 4.22. The average Bonchev–Trinajstić information content (AvgIpc) is 3.11. The molecule has 0 radical (unpaired) electrons. The Kier molecular flexibility index (Phi) is 5.04. The summed E-state index contributed by atoms with van der Waals surface area (Å²) in [6.07, 6.45) is 0.716. The minimum Gasteiger partial charge on any atom is -0.323 e. The van der Waals surface area contributed by atoms with E-state index >= 15 is 0 Å². The predicted molar refractivity (Wildman–Crippen MR) is 107 cm³/mol. The first-order valence-electron chi connectivity index (χ1n) is 9.06. The van der Waals surface area contributed by atoms with Crippen LogP contribution in [0.25, 0.3) is 0 Å². The number of carbonyl (C=O) groups excluding carboxylic acids is 1. The molecule has 8 heteroatoms. The Morgan fingerprint density at radius 2 is 1.96 bits per heavy atom. The first kappa shape index (κ1) is 18.5.